The van der Waals surface area contributed by atoms with Gasteiger partial charge in [-0.05, 0) is 20.8 Å². The van der Waals surface area contributed by atoms with E-state index in [4.69, 9.17) is 0 Å². The van der Waals surface area contributed by atoms with Crippen molar-refractivity contribution in [3.8, 4) is 0 Å². The summed E-state index contributed by atoms with van der Waals surface area (Å²) in [4.78, 5) is 0. The Morgan fingerprint density at radius 1 is 0.433 bits per heavy atom. The minimum absolute atomic E-state index is 0.325. The monoisotopic (exact) mass is 474 g/mol. The smallest absolute Gasteiger partial charge is 0.380 e. The molecule has 1 fully saturated rings. The summed E-state index contributed by atoms with van der Waals surface area (Å²) in [5, 5.41) is 28.9. The predicted octanol–water partition coefficient (Wildman–Crippen LogP) is 3.80. The van der Waals surface area contributed by atoms with Gasteiger partial charge in [-0.1, -0.05) is 0 Å². The molecule has 1 aliphatic carbocycles. The second-order valence-corrected chi connectivity index (χ2v) is 7.85. The summed E-state index contributed by atoms with van der Waals surface area (Å²) in [6.45, 7) is -0.976. The number of alkyl halides is 12. The van der Waals surface area contributed by atoms with Gasteiger partial charge in [-0.15, -0.1) is 0 Å². The molecule has 0 aromatic heterocycles. The summed E-state index contributed by atoms with van der Waals surface area (Å²) in [5.41, 5.74) is -13.8. The Morgan fingerprint density at radius 2 is 0.567 bits per heavy atom. The number of hydrogen-bond acceptors (Lipinski definition) is 3. The first-order valence-corrected chi connectivity index (χ1v) is 8.14. The van der Waals surface area contributed by atoms with Gasteiger partial charge in [0.25, 0.3) is 0 Å². The topological polar surface area (TPSA) is 60.7 Å². The van der Waals surface area contributed by atoms with Crippen LogP contribution in [0.3, 0.4) is 0 Å². The van der Waals surface area contributed by atoms with Crippen molar-refractivity contribution < 1.29 is 68.0 Å². The van der Waals surface area contributed by atoms with Gasteiger partial charge in [-0.3, -0.25) is 0 Å². The van der Waals surface area contributed by atoms with Gasteiger partial charge in [0.1, 0.15) is 18.5 Å². The third-order valence-electron chi connectivity index (χ3n) is 5.73. The quantitative estimate of drug-likeness (QED) is 0.546. The molecular weight excluding hydrogens is 456 g/mol. The molecular formula is C15H18F12O3. The van der Waals surface area contributed by atoms with Gasteiger partial charge >= 0.3 is 18.5 Å². The van der Waals surface area contributed by atoms with Crippen LogP contribution in [0, 0.1) is 17.8 Å². The minimum Gasteiger partial charge on any atom is -0.380 e. The Labute approximate surface area is 161 Å². The van der Waals surface area contributed by atoms with Gasteiger partial charge < -0.3 is 15.3 Å². The summed E-state index contributed by atoms with van der Waals surface area (Å²) in [5.74, 6) is -11.2. The van der Waals surface area contributed by atoms with Crippen LogP contribution in [0.2, 0.25) is 0 Å². The first-order valence-electron chi connectivity index (χ1n) is 8.14. The molecule has 1 aliphatic rings. The maximum atomic E-state index is 14.8. The molecule has 0 spiro atoms. The van der Waals surface area contributed by atoms with Crippen LogP contribution < -0.4 is 0 Å². The van der Waals surface area contributed by atoms with E-state index in [1.54, 1.807) is 0 Å². The zero-order valence-electron chi connectivity index (χ0n) is 15.3. The normalized spacial score (nSPS) is 37.8. The standard InChI is InChI=1S/C15H18F12O3/c1-10(28,13(19,20)21)4-7(16)5(11(2,29)14(22,23)24)9(18)6(8(4)17)12(3,30)15(25,26)27/h4-9,28-30H,1-3H3. The third-order valence-corrected chi connectivity index (χ3v) is 5.73. The van der Waals surface area contributed by atoms with Gasteiger partial charge in [0.2, 0.25) is 0 Å². The van der Waals surface area contributed by atoms with E-state index in [-0.39, 0.29) is 20.8 Å². The van der Waals surface area contributed by atoms with E-state index in [1.165, 1.54) is 0 Å². The molecule has 0 bridgehead atoms. The highest BCUT2D eigenvalue weighted by molar-refractivity contribution is 5.15. The summed E-state index contributed by atoms with van der Waals surface area (Å²) < 4.78 is 162. The van der Waals surface area contributed by atoms with E-state index >= 15 is 0 Å². The molecule has 3 atom stereocenters. The number of halogens is 12. The van der Waals surface area contributed by atoms with Crippen LogP contribution in [0.15, 0.2) is 0 Å². The maximum absolute atomic E-state index is 14.8. The molecule has 0 aromatic carbocycles. The van der Waals surface area contributed by atoms with Gasteiger partial charge in [0.15, 0.2) is 16.8 Å². The van der Waals surface area contributed by atoms with E-state index in [2.05, 4.69) is 0 Å². The number of hydrogen-bond donors (Lipinski definition) is 3. The number of aliphatic hydroxyl groups is 3. The second kappa shape index (κ2) is 7.29. The second-order valence-electron chi connectivity index (χ2n) is 7.85. The lowest BCUT2D eigenvalue weighted by molar-refractivity contribution is -0.348. The Kier molecular flexibility index (Phi) is 6.58. The Bertz CT molecular complexity index is 524. The Balaban J connectivity index is 3.83. The van der Waals surface area contributed by atoms with Crippen molar-refractivity contribution in [3.05, 3.63) is 0 Å². The molecule has 3 nitrogen and oxygen atoms in total. The van der Waals surface area contributed by atoms with Crippen molar-refractivity contribution in [3.63, 3.8) is 0 Å². The lowest BCUT2D eigenvalue weighted by Crippen LogP contribution is -2.72. The lowest BCUT2D eigenvalue weighted by Gasteiger charge is -2.54. The molecule has 0 heterocycles. The lowest BCUT2D eigenvalue weighted by atomic mass is 9.58. The van der Waals surface area contributed by atoms with Crippen LogP contribution >= 0.6 is 0 Å². The van der Waals surface area contributed by atoms with Crippen LogP contribution in [0.1, 0.15) is 20.8 Å². The fourth-order valence-corrected chi connectivity index (χ4v) is 3.62. The summed E-state index contributed by atoms with van der Waals surface area (Å²) >= 11 is 0. The van der Waals surface area contributed by atoms with E-state index in [1.807, 2.05) is 0 Å². The molecule has 0 aliphatic heterocycles. The van der Waals surface area contributed by atoms with Gasteiger partial charge in [0.05, 0.1) is 17.8 Å². The van der Waals surface area contributed by atoms with Gasteiger partial charge in [0, 0.05) is 0 Å². The van der Waals surface area contributed by atoms with E-state index in [0.717, 1.165) is 0 Å². The maximum Gasteiger partial charge on any atom is 0.417 e. The minimum atomic E-state index is -5.99. The van der Waals surface area contributed by atoms with Crippen molar-refractivity contribution in [1.29, 1.82) is 0 Å². The molecule has 0 aromatic rings. The van der Waals surface area contributed by atoms with Crippen LogP contribution in [0.5, 0.6) is 0 Å². The zero-order valence-corrected chi connectivity index (χ0v) is 15.3. The van der Waals surface area contributed by atoms with Crippen LogP contribution in [-0.2, 0) is 0 Å². The predicted molar refractivity (Wildman–Crippen MR) is 75.2 cm³/mol. The molecule has 180 valence electrons. The molecule has 1 rings (SSSR count). The van der Waals surface area contributed by atoms with E-state index < -0.39 is 71.6 Å². The molecule has 3 unspecified atom stereocenters. The van der Waals surface area contributed by atoms with Gasteiger partial charge in [-0.2, -0.15) is 39.5 Å². The molecule has 0 amide bonds. The fourth-order valence-electron chi connectivity index (χ4n) is 3.62. The fraction of sp³-hybridized carbons (Fsp3) is 1.00. The number of rotatable bonds is 3. The van der Waals surface area contributed by atoms with Crippen molar-refractivity contribution >= 4 is 0 Å². The molecule has 0 radical (unpaired) electrons. The van der Waals surface area contributed by atoms with E-state index in [9.17, 15) is 68.0 Å². The SMILES string of the molecule is CC(O)(C1C(F)C(C(C)(O)C(F)(F)F)C(F)C(C(C)(O)C(F)(F)F)C1F)C(F)(F)F. The highest BCUT2D eigenvalue weighted by Gasteiger charge is 2.75. The average Bonchev–Trinajstić information content (AvgIpc) is 2.41. The van der Waals surface area contributed by atoms with Crippen molar-refractivity contribution in [2.24, 2.45) is 17.8 Å². The van der Waals surface area contributed by atoms with Crippen molar-refractivity contribution in [2.45, 2.75) is 74.6 Å². The Morgan fingerprint density at radius 3 is 0.667 bits per heavy atom. The summed E-state index contributed by atoms with van der Waals surface area (Å²) in [6.07, 6.45) is -29.8. The highest BCUT2D eigenvalue weighted by Crippen LogP contribution is 2.57. The van der Waals surface area contributed by atoms with Gasteiger partial charge in [-0.25, -0.2) is 13.2 Å². The first-order chi connectivity index (χ1) is 12.8. The molecule has 15 heteroatoms. The first kappa shape index (κ1) is 27.1. The highest BCUT2D eigenvalue weighted by atomic mass is 19.4. The van der Waals surface area contributed by atoms with Crippen LogP contribution in [0.4, 0.5) is 52.7 Å². The van der Waals surface area contributed by atoms with Crippen molar-refractivity contribution in [1.82, 2.24) is 0 Å². The van der Waals surface area contributed by atoms with E-state index in [0.29, 0.717) is 0 Å². The molecule has 30 heavy (non-hydrogen) atoms. The van der Waals surface area contributed by atoms with Crippen LogP contribution in [0.25, 0.3) is 0 Å². The molecule has 1 saturated carbocycles. The third kappa shape index (κ3) is 3.96. The largest absolute Gasteiger partial charge is 0.417 e. The zero-order chi connectivity index (χ0) is 24.5. The van der Waals surface area contributed by atoms with Crippen LogP contribution in [-0.4, -0.2) is 69.2 Å². The molecule has 3 N–H and O–H groups in total. The Hall–Kier alpha value is -0.960. The summed E-state index contributed by atoms with van der Waals surface area (Å²) in [7, 11) is 0. The summed E-state index contributed by atoms with van der Waals surface area (Å²) in [6, 6.07) is 0. The molecule has 0 saturated heterocycles. The average molecular weight is 474 g/mol. The van der Waals surface area contributed by atoms with Crippen molar-refractivity contribution in [2.75, 3.05) is 0 Å².